The third-order valence-electron chi connectivity index (χ3n) is 4.34. The van der Waals surface area contributed by atoms with E-state index in [1.165, 1.54) is 20.3 Å². The van der Waals surface area contributed by atoms with Crippen molar-refractivity contribution in [3.63, 3.8) is 0 Å². The number of carbonyl (C=O) groups excluding carboxylic acids is 1. The smallest absolute Gasteiger partial charge is 0.334 e. The van der Waals surface area contributed by atoms with Gasteiger partial charge < -0.3 is 24.4 Å². The summed E-state index contributed by atoms with van der Waals surface area (Å²) in [5.41, 5.74) is 2.23. The summed E-state index contributed by atoms with van der Waals surface area (Å²) >= 11 is 0. The van der Waals surface area contributed by atoms with E-state index in [9.17, 15) is 15.0 Å². The minimum absolute atomic E-state index is 0.0383. The van der Waals surface area contributed by atoms with E-state index >= 15 is 0 Å². The zero-order valence-corrected chi connectivity index (χ0v) is 14.6. The summed E-state index contributed by atoms with van der Waals surface area (Å²) in [6.45, 7) is 0.295. The molecule has 1 saturated heterocycles. The van der Waals surface area contributed by atoms with Gasteiger partial charge in [0, 0.05) is 11.5 Å². The Balaban J connectivity index is 1.87. The van der Waals surface area contributed by atoms with Crippen LogP contribution in [0.2, 0.25) is 0 Å². The molecule has 6 nitrogen and oxygen atoms in total. The summed E-state index contributed by atoms with van der Waals surface area (Å²) in [5.74, 6) is 0.370. The standard InChI is InChI=1S/C20H20O6/c1-24-18-9-12(3-5-16(18)21)7-14-11-26-20(23)15(14)8-13-4-6-17(22)19(10-13)25-2/h3-6,8-10,14,21-22H,7,11H2,1-2H3/t14-/m1/s1. The number of phenolic OH excluding ortho intramolecular Hbond substituents is 2. The van der Waals surface area contributed by atoms with Gasteiger partial charge in [-0.05, 0) is 47.9 Å². The Kier molecular flexibility index (Phi) is 5.02. The molecule has 1 aliphatic rings. The molecule has 136 valence electrons. The van der Waals surface area contributed by atoms with Crippen molar-refractivity contribution in [1.82, 2.24) is 0 Å². The minimum Gasteiger partial charge on any atom is -0.504 e. The van der Waals surface area contributed by atoms with Crippen molar-refractivity contribution in [2.45, 2.75) is 6.42 Å². The van der Waals surface area contributed by atoms with Gasteiger partial charge in [-0.25, -0.2) is 4.79 Å². The molecule has 2 aromatic carbocycles. The summed E-state index contributed by atoms with van der Waals surface area (Å²) in [6.07, 6.45) is 2.32. The van der Waals surface area contributed by atoms with E-state index < -0.39 is 0 Å². The Morgan fingerprint density at radius 1 is 1.08 bits per heavy atom. The number of carbonyl (C=O) groups is 1. The maximum atomic E-state index is 12.1. The second-order valence-electron chi connectivity index (χ2n) is 6.04. The molecule has 1 fully saturated rings. The first-order valence-corrected chi connectivity index (χ1v) is 8.13. The van der Waals surface area contributed by atoms with E-state index in [2.05, 4.69) is 0 Å². The SMILES string of the molecule is COc1cc(C=C2C(=O)OC[C@H]2Cc2ccc(O)c(OC)c2)ccc1O. The number of phenols is 2. The van der Waals surface area contributed by atoms with Crippen molar-refractivity contribution in [1.29, 1.82) is 0 Å². The van der Waals surface area contributed by atoms with E-state index in [0.717, 1.165) is 11.1 Å². The topological polar surface area (TPSA) is 85.2 Å². The van der Waals surface area contributed by atoms with E-state index in [-0.39, 0.29) is 23.4 Å². The van der Waals surface area contributed by atoms with Crippen LogP contribution in [-0.2, 0) is 16.0 Å². The maximum Gasteiger partial charge on any atom is 0.334 e. The van der Waals surface area contributed by atoms with Gasteiger partial charge in [0.1, 0.15) is 0 Å². The van der Waals surface area contributed by atoms with Gasteiger partial charge >= 0.3 is 5.97 Å². The molecule has 6 heteroatoms. The normalized spacial score (nSPS) is 18.0. The Hall–Kier alpha value is -3.15. The Morgan fingerprint density at radius 3 is 2.42 bits per heavy atom. The van der Waals surface area contributed by atoms with Crippen LogP contribution in [0.25, 0.3) is 6.08 Å². The highest BCUT2D eigenvalue weighted by Gasteiger charge is 2.30. The number of methoxy groups -OCH3 is 2. The second kappa shape index (κ2) is 7.39. The highest BCUT2D eigenvalue weighted by molar-refractivity contribution is 5.96. The lowest BCUT2D eigenvalue weighted by Gasteiger charge is -2.11. The number of hydrogen-bond donors (Lipinski definition) is 2. The fraction of sp³-hybridized carbons (Fsp3) is 0.250. The summed E-state index contributed by atoms with van der Waals surface area (Å²) in [7, 11) is 2.96. The van der Waals surface area contributed by atoms with Gasteiger partial charge in [-0.3, -0.25) is 0 Å². The van der Waals surface area contributed by atoms with Crippen molar-refractivity contribution in [3.8, 4) is 23.0 Å². The summed E-state index contributed by atoms with van der Waals surface area (Å²) in [5, 5.41) is 19.4. The molecule has 2 N–H and O–H groups in total. The molecule has 3 rings (SSSR count). The number of aromatic hydroxyl groups is 2. The van der Waals surface area contributed by atoms with Gasteiger partial charge in [-0.15, -0.1) is 0 Å². The number of esters is 1. The molecule has 26 heavy (non-hydrogen) atoms. The Labute approximate surface area is 151 Å². The van der Waals surface area contributed by atoms with Crippen molar-refractivity contribution < 1.29 is 29.2 Å². The largest absolute Gasteiger partial charge is 0.504 e. The quantitative estimate of drug-likeness (QED) is 0.633. The summed E-state index contributed by atoms with van der Waals surface area (Å²) in [6, 6.07) is 10.00. The highest BCUT2D eigenvalue weighted by atomic mass is 16.5. The first-order chi connectivity index (χ1) is 12.5. The number of cyclic esters (lactones) is 1. The number of rotatable bonds is 5. The van der Waals surface area contributed by atoms with E-state index in [1.54, 1.807) is 36.4 Å². The molecule has 0 amide bonds. The summed E-state index contributed by atoms with van der Waals surface area (Å²) in [4.78, 5) is 12.1. The van der Waals surface area contributed by atoms with Gasteiger partial charge in [0.25, 0.3) is 0 Å². The molecular weight excluding hydrogens is 336 g/mol. The summed E-state index contributed by atoms with van der Waals surface area (Å²) < 4.78 is 15.4. The van der Waals surface area contributed by atoms with Gasteiger partial charge in [-0.2, -0.15) is 0 Å². The van der Waals surface area contributed by atoms with Crippen LogP contribution < -0.4 is 9.47 Å². The average Bonchev–Trinajstić information content (AvgIpc) is 2.98. The molecule has 1 atom stereocenters. The third kappa shape index (κ3) is 3.59. The van der Waals surface area contributed by atoms with E-state index in [1.807, 2.05) is 0 Å². The predicted molar refractivity (Wildman–Crippen MR) is 95.4 cm³/mol. The third-order valence-corrected chi connectivity index (χ3v) is 4.34. The lowest BCUT2D eigenvalue weighted by atomic mass is 9.92. The Morgan fingerprint density at radius 2 is 1.73 bits per heavy atom. The molecule has 0 saturated carbocycles. The van der Waals surface area contributed by atoms with Crippen molar-refractivity contribution in [2.75, 3.05) is 20.8 Å². The molecule has 0 aliphatic carbocycles. The minimum atomic E-state index is -0.354. The lowest BCUT2D eigenvalue weighted by molar-refractivity contribution is -0.135. The number of hydrogen-bond acceptors (Lipinski definition) is 6. The van der Waals surface area contributed by atoms with Crippen molar-refractivity contribution >= 4 is 12.0 Å². The molecule has 0 unspecified atom stereocenters. The van der Waals surface area contributed by atoms with Crippen LogP contribution in [0.1, 0.15) is 11.1 Å². The number of benzene rings is 2. The van der Waals surface area contributed by atoms with E-state index in [0.29, 0.717) is 30.1 Å². The van der Waals surface area contributed by atoms with Gasteiger partial charge in [-0.1, -0.05) is 12.1 Å². The highest BCUT2D eigenvalue weighted by Crippen LogP contribution is 2.33. The fourth-order valence-electron chi connectivity index (χ4n) is 2.96. The first kappa shape index (κ1) is 17.7. The van der Waals surface area contributed by atoms with Gasteiger partial charge in [0.2, 0.25) is 0 Å². The fourth-order valence-corrected chi connectivity index (χ4v) is 2.96. The van der Waals surface area contributed by atoms with Crippen LogP contribution in [-0.4, -0.2) is 37.0 Å². The molecule has 0 aromatic heterocycles. The molecule has 1 aliphatic heterocycles. The van der Waals surface area contributed by atoms with Crippen molar-refractivity contribution in [3.05, 3.63) is 53.1 Å². The average molecular weight is 356 g/mol. The van der Waals surface area contributed by atoms with Crippen LogP contribution in [0, 0.1) is 5.92 Å². The molecule has 0 bridgehead atoms. The van der Waals surface area contributed by atoms with Crippen LogP contribution in [0.3, 0.4) is 0 Å². The van der Waals surface area contributed by atoms with Crippen LogP contribution in [0.15, 0.2) is 42.0 Å². The maximum absolute atomic E-state index is 12.1. The van der Waals surface area contributed by atoms with Crippen molar-refractivity contribution in [2.24, 2.45) is 5.92 Å². The monoisotopic (exact) mass is 356 g/mol. The predicted octanol–water partition coefficient (Wildman–Crippen LogP) is 2.91. The zero-order chi connectivity index (χ0) is 18.7. The molecule has 0 spiro atoms. The van der Waals surface area contributed by atoms with Gasteiger partial charge in [0.15, 0.2) is 23.0 Å². The van der Waals surface area contributed by atoms with Crippen LogP contribution in [0.4, 0.5) is 0 Å². The lowest BCUT2D eigenvalue weighted by Crippen LogP contribution is -2.07. The zero-order valence-electron chi connectivity index (χ0n) is 14.6. The van der Waals surface area contributed by atoms with Gasteiger partial charge in [0.05, 0.1) is 20.8 Å². The molecule has 0 radical (unpaired) electrons. The number of ether oxygens (including phenoxy) is 3. The second-order valence-corrected chi connectivity index (χ2v) is 6.04. The Bertz CT molecular complexity index is 855. The van der Waals surface area contributed by atoms with Crippen LogP contribution in [0.5, 0.6) is 23.0 Å². The van der Waals surface area contributed by atoms with Crippen LogP contribution >= 0.6 is 0 Å². The molecular formula is C20H20O6. The molecule has 1 heterocycles. The first-order valence-electron chi connectivity index (χ1n) is 8.13. The molecule has 2 aromatic rings. The van der Waals surface area contributed by atoms with E-state index in [4.69, 9.17) is 14.2 Å².